The van der Waals surface area contributed by atoms with E-state index >= 15 is 0 Å². The highest BCUT2D eigenvalue weighted by molar-refractivity contribution is 6.29. The van der Waals surface area contributed by atoms with E-state index in [1.165, 1.54) is 93.7 Å². The molecule has 57 heavy (non-hydrogen) atoms. The summed E-state index contributed by atoms with van der Waals surface area (Å²) in [5.41, 5.74) is 18.3. The Hall–Kier alpha value is -7.55. The third kappa shape index (κ3) is 4.74. The maximum Gasteiger partial charge on any atom is 0.145 e. The molecule has 1 aliphatic rings. The Balaban J connectivity index is 1.11. The Kier molecular flexibility index (Phi) is 6.96. The van der Waals surface area contributed by atoms with E-state index in [9.17, 15) is 0 Å². The Bertz CT molecular complexity index is 3310. The van der Waals surface area contributed by atoms with Gasteiger partial charge in [-0.1, -0.05) is 164 Å². The minimum atomic E-state index is 0.973. The first kappa shape index (κ1) is 31.8. The lowest BCUT2D eigenvalue weighted by Crippen LogP contribution is -1.95. The van der Waals surface area contributed by atoms with Gasteiger partial charge >= 0.3 is 0 Å². The first-order valence-corrected chi connectivity index (χ1v) is 19.6. The normalized spacial score (nSPS) is 11.9. The molecule has 9 aromatic carbocycles. The number of aromatic nitrogens is 2. The van der Waals surface area contributed by atoms with Crippen molar-refractivity contribution in [3.8, 4) is 72.4 Å². The van der Waals surface area contributed by atoms with Gasteiger partial charge < -0.3 is 0 Å². The molecule has 0 saturated heterocycles. The maximum absolute atomic E-state index is 4.82. The van der Waals surface area contributed by atoms with Crippen LogP contribution in [0.2, 0.25) is 0 Å². The fraction of sp³-hybridized carbons (Fsp3) is 0. The summed E-state index contributed by atoms with van der Waals surface area (Å²) in [6.45, 7) is 0. The highest BCUT2D eigenvalue weighted by Gasteiger charge is 2.31. The van der Waals surface area contributed by atoms with Gasteiger partial charge in [-0.2, -0.15) is 0 Å². The molecule has 2 heteroatoms. The second kappa shape index (κ2) is 12.5. The smallest absolute Gasteiger partial charge is 0.145 e. The van der Waals surface area contributed by atoms with Crippen LogP contribution in [-0.4, -0.2) is 9.55 Å². The molecule has 0 amide bonds. The number of hydrogen-bond donors (Lipinski definition) is 0. The third-order valence-corrected chi connectivity index (χ3v) is 12.0. The van der Waals surface area contributed by atoms with Gasteiger partial charge in [0.05, 0.1) is 5.52 Å². The molecule has 2 aromatic heterocycles. The van der Waals surface area contributed by atoms with E-state index in [4.69, 9.17) is 4.98 Å². The van der Waals surface area contributed by atoms with E-state index in [1.807, 2.05) is 12.3 Å². The summed E-state index contributed by atoms with van der Waals surface area (Å²) in [4.78, 5) is 4.82. The zero-order valence-corrected chi connectivity index (χ0v) is 31.0. The lowest BCUT2D eigenvalue weighted by molar-refractivity contribution is 1.14. The van der Waals surface area contributed by atoms with E-state index in [0.717, 1.165) is 22.2 Å². The topological polar surface area (TPSA) is 17.8 Å². The summed E-state index contributed by atoms with van der Waals surface area (Å²) in [6.07, 6.45) is 1.88. The van der Waals surface area contributed by atoms with Gasteiger partial charge in [0.2, 0.25) is 0 Å². The summed E-state index contributed by atoms with van der Waals surface area (Å²) in [6, 6.07) is 73.2. The number of rotatable bonds is 5. The zero-order chi connectivity index (χ0) is 37.5. The van der Waals surface area contributed by atoms with Gasteiger partial charge in [-0.3, -0.25) is 4.57 Å². The van der Waals surface area contributed by atoms with E-state index < -0.39 is 0 Å². The molecule has 0 radical (unpaired) electrons. The number of hydrogen-bond acceptors (Lipinski definition) is 1. The van der Waals surface area contributed by atoms with Gasteiger partial charge in [-0.05, 0) is 125 Å². The van der Waals surface area contributed by atoms with E-state index in [2.05, 4.69) is 199 Å². The molecule has 2 heterocycles. The Morgan fingerprint density at radius 3 is 1.63 bits per heavy atom. The summed E-state index contributed by atoms with van der Waals surface area (Å²) in [7, 11) is 0. The van der Waals surface area contributed by atoms with Crippen LogP contribution in [0.25, 0.3) is 116 Å². The minimum absolute atomic E-state index is 0.973. The Morgan fingerprint density at radius 2 is 0.895 bits per heavy atom. The highest BCUT2D eigenvalue weighted by Crippen LogP contribution is 2.58. The van der Waals surface area contributed by atoms with Crippen LogP contribution in [0.1, 0.15) is 0 Å². The fourth-order valence-corrected chi connectivity index (χ4v) is 9.57. The number of pyridine rings is 1. The van der Waals surface area contributed by atoms with Crippen molar-refractivity contribution in [2.45, 2.75) is 0 Å². The molecule has 1 aliphatic carbocycles. The van der Waals surface area contributed by atoms with E-state index in [0.29, 0.717) is 0 Å². The first-order chi connectivity index (χ1) is 28.3. The molecular formula is C55H34N2. The van der Waals surface area contributed by atoms with Crippen molar-refractivity contribution >= 4 is 43.5 Å². The second-order valence-electron chi connectivity index (χ2n) is 15.0. The SMILES string of the molecule is c1ccc(-c2ccc3c(-c4ccccc4)c4c(c(-c5ccccc5)c3c2)-c2cccc3c(-c5ccc(-n6c7ccccc7c7cccnc76)cc5)ccc-4c23)cc1. The lowest BCUT2D eigenvalue weighted by atomic mass is 9.82. The Labute approximate surface area is 330 Å². The zero-order valence-electron chi connectivity index (χ0n) is 31.0. The predicted molar refractivity (Wildman–Crippen MR) is 240 cm³/mol. The first-order valence-electron chi connectivity index (χ1n) is 19.6. The third-order valence-electron chi connectivity index (χ3n) is 12.0. The highest BCUT2D eigenvalue weighted by atomic mass is 15.0. The van der Waals surface area contributed by atoms with Crippen LogP contribution in [0.4, 0.5) is 0 Å². The molecule has 0 bridgehead atoms. The molecule has 0 spiro atoms. The van der Waals surface area contributed by atoms with Crippen molar-refractivity contribution in [2.24, 2.45) is 0 Å². The summed E-state index contributed by atoms with van der Waals surface area (Å²) in [5.74, 6) is 0. The van der Waals surface area contributed by atoms with Crippen LogP contribution in [0.5, 0.6) is 0 Å². The van der Waals surface area contributed by atoms with Gasteiger partial charge in [-0.25, -0.2) is 4.98 Å². The van der Waals surface area contributed by atoms with E-state index in [-0.39, 0.29) is 0 Å². The van der Waals surface area contributed by atoms with Gasteiger partial charge in [-0.15, -0.1) is 0 Å². The van der Waals surface area contributed by atoms with Gasteiger partial charge in [0, 0.05) is 22.7 Å². The van der Waals surface area contributed by atoms with Crippen LogP contribution >= 0.6 is 0 Å². The molecule has 0 atom stereocenters. The number of nitrogens with zero attached hydrogens (tertiary/aromatic N) is 2. The predicted octanol–water partition coefficient (Wildman–Crippen LogP) is 14.8. The monoisotopic (exact) mass is 722 g/mol. The maximum atomic E-state index is 4.82. The molecule has 11 aromatic rings. The molecule has 0 aliphatic heterocycles. The van der Waals surface area contributed by atoms with Crippen molar-refractivity contribution in [1.82, 2.24) is 9.55 Å². The number of benzene rings is 9. The molecule has 0 fully saturated rings. The molecule has 12 rings (SSSR count). The summed E-state index contributed by atoms with van der Waals surface area (Å²) < 4.78 is 2.28. The van der Waals surface area contributed by atoms with Crippen molar-refractivity contribution < 1.29 is 0 Å². The average Bonchev–Trinajstić information content (AvgIpc) is 3.80. The number of para-hydroxylation sites is 1. The van der Waals surface area contributed by atoms with Gasteiger partial charge in [0.15, 0.2) is 0 Å². The fourth-order valence-electron chi connectivity index (χ4n) is 9.57. The van der Waals surface area contributed by atoms with Crippen LogP contribution < -0.4 is 0 Å². The minimum Gasteiger partial charge on any atom is -0.294 e. The standard InChI is InChI=1S/C55H34N2/c1-4-14-35(15-5-1)39-27-30-44-48(34-39)51(38-18-8-3-9-19-38)53-46-22-12-21-43-41(31-32-47(52(43)46)54(53)50(44)37-16-6-2-7-17-37)36-25-28-40(29-26-36)57-49-24-11-10-20-42(49)45-23-13-33-56-55(45)57/h1-34H. The molecule has 0 saturated carbocycles. The van der Waals surface area contributed by atoms with Crippen molar-refractivity contribution in [3.63, 3.8) is 0 Å². The van der Waals surface area contributed by atoms with Crippen LogP contribution in [-0.2, 0) is 0 Å². The largest absolute Gasteiger partial charge is 0.294 e. The quantitative estimate of drug-likeness (QED) is 0.173. The van der Waals surface area contributed by atoms with Gasteiger partial charge in [0.25, 0.3) is 0 Å². The van der Waals surface area contributed by atoms with Crippen LogP contribution in [0.15, 0.2) is 206 Å². The molecular weight excluding hydrogens is 689 g/mol. The summed E-state index contributed by atoms with van der Waals surface area (Å²) >= 11 is 0. The lowest BCUT2D eigenvalue weighted by Gasteiger charge is -2.21. The molecule has 0 unspecified atom stereocenters. The van der Waals surface area contributed by atoms with Crippen LogP contribution in [0.3, 0.4) is 0 Å². The van der Waals surface area contributed by atoms with Gasteiger partial charge in [0.1, 0.15) is 5.65 Å². The molecule has 264 valence electrons. The molecule has 0 N–H and O–H groups in total. The number of fused-ring (bicyclic) bond motifs is 7. The van der Waals surface area contributed by atoms with E-state index in [1.54, 1.807) is 0 Å². The summed E-state index contributed by atoms with van der Waals surface area (Å²) in [5, 5.41) is 7.48. The van der Waals surface area contributed by atoms with Crippen LogP contribution in [0, 0.1) is 0 Å². The van der Waals surface area contributed by atoms with Crippen molar-refractivity contribution in [1.29, 1.82) is 0 Å². The second-order valence-corrected chi connectivity index (χ2v) is 15.0. The van der Waals surface area contributed by atoms with Crippen molar-refractivity contribution in [3.05, 3.63) is 206 Å². The Morgan fingerprint density at radius 1 is 0.316 bits per heavy atom. The average molecular weight is 723 g/mol. The van der Waals surface area contributed by atoms with Crippen molar-refractivity contribution in [2.75, 3.05) is 0 Å². The molecule has 2 nitrogen and oxygen atoms in total.